The molecule has 1 heterocycles. The molecule has 0 spiro atoms. The van der Waals surface area contributed by atoms with Crippen LogP contribution in [0.25, 0.3) is 0 Å². The third-order valence-electron chi connectivity index (χ3n) is 12.7. The van der Waals surface area contributed by atoms with Gasteiger partial charge in [-0.1, -0.05) is 58.8 Å². The number of hydrogen-bond donors (Lipinski definition) is 1. The number of fused-ring (bicyclic) bond motifs is 5. The van der Waals surface area contributed by atoms with E-state index in [1.165, 1.54) is 89.9 Å². The van der Waals surface area contributed by atoms with Crippen molar-refractivity contribution in [1.82, 2.24) is 4.90 Å². The van der Waals surface area contributed by atoms with E-state index in [1.54, 1.807) is 0 Å². The van der Waals surface area contributed by atoms with Crippen LogP contribution in [0, 0.1) is 40.4 Å². The van der Waals surface area contributed by atoms with Crippen LogP contribution in [-0.4, -0.2) is 40.9 Å². The lowest BCUT2D eigenvalue weighted by molar-refractivity contribution is -0.159. The topological polar surface area (TPSA) is 57.6 Å². The maximum Gasteiger partial charge on any atom is 0.222 e. The molecule has 0 radical (unpaired) electrons. The number of nitrogens with zero attached hydrogens (tertiary/aromatic N) is 1. The van der Waals surface area contributed by atoms with E-state index in [1.807, 2.05) is 0 Å². The molecule has 5 rings (SSSR count). The maximum absolute atomic E-state index is 12.4. The van der Waals surface area contributed by atoms with Crippen molar-refractivity contribution in [3.8, 4) is 0 Å². The second-order valence-electron chi connectivity index (χ2n) is 14.8. The molecule has 216 valence electrons. The summed E-state index contributed by atoms with van der Waals surface area (Å²) in [5.74, 6) is 4.43. The highest BCUT2D eigenvalue weighted by atomic mass is 16.3. The Hall–Kier alpha value is -0.900. The zero-order valence-electron chi connectivity index (χ0n) is 24.7. The van der Waals surface area contributed by atoms with Crippen molar-refractivity contribution in [1.29, 1.82) is 0 Å². The average molecular weight is 528 g/mol. The highest BCUT2D eigenvalue weighted by molar-refractivity contribution is 5.79. The predicted molar refractivity (Wildman–Crippen MR) is 154 cm³/mol. The summed E-state index contributed by atoms with van der Waals surface area (Å²) >= 11 is 0. The van der Waals surface area contributed by atoms with Crippen LogP contribution in [0.4, 0.5) is 0 Å². The first kappa shape index (κ1) is 28.6. The van der Waals surface area contributed by atoms with Crippen LogP contribution in [0.5, 0.6) is 0 Å². The van der Waals surface area contributed by atoms with E-state index in [9.17, 15) is 14.7 Å². The number of hydrogen-bond acceptors (Lipinski definition) is 3. The van der Waals surface area contributed by atoms with Gasteiger partial charge >= 0.3 is 0 Å². The molecule has 4 nitrogen and oxygen atoms in total. The van der Waals surface area contributed by atoms with Crippen LogP contribution in [0.15, 0.2) is 0 Å². The fourth-order valence-electron chi connectivity index (χ4n) is 10.6. The highest BCUT2D eigenvalue weighted by Gasteiger charge is 2.62. The Balaban J connectivity index is 1.08. The zero-order chi connectivity index (χ0) is 26.8. The first-order chi connectivity index (χ1) is 18.3. The van der Waals surface area contributed by atoms with E-state index in [-0.39, 0.29) is 11.5 Å². The van der Waals surface area contributed by atoms with E-state index >= 15 is 0 Å². The molecule has 0 aromatic rings. The van der Waals surface area contributed by atoms with Crippen LogP contribution >= 0.6 is 0 Å². The van der Waals surface area contributed by atoms with Gasteiger partial charge in [-0.15, -0.1) is 0 Å². The second-order valence-corrected chi connectivity index (χ2v) is 14.8. The molecular weight excluding hydrogens is 470 g/mol. The number of carbonyl (C=O) groups excluding carboxylic acids is 2. The lowest BCUT2D eigenvalue weighted by atomic mass is 9.42. The van der Waals surface area contributed by atoms with Crippen molar-refractivity contribution in [3.05, 3.63) is 0 Å². The van der Waals surface area contributed by atoms with E-state index < -0.39 is 0 Å². The fraction of sp³-hybridized carbons (Fsp3) is 0.941. The SMILES string of the molecule is C[C@]12CCC(=O)CC1CC[C@@H]1[C@H]2C(CCCCCCCCCC(=O)N2CCCCC2)C[C@]2(C)C(O)CC[C@@H]12. The molecule has 5 fully saturated rings. The second kappa shape index (κ2) is 12.3. The molecule has 0 aromatic heterocycles. The Kier molecular flexibility index (Phi) is 9.27. The van der Waals surface area contributed by atoms with Gasteiger partial charge in [-0.3, -0.25) is 9.59 Å². The molecule has 5 aliphatic rings. The van der Waals surface area contributed by atoms with Crippen molar-refractivity contribution in [2.24, 2.45) is 40.4 Å². The van der Waals surface area contributed by atoms with E-state index in [2.05, 4.69) is 18.7 Å². The van der Waals surface area contributed by atoms with Gasteiger partial charge in [0.05, 0.1) is 6.10 Å². The number of aliphatic hydroxyl groups is 1. The minimum atomic E-state index is -0.115. The van der Waals surface area contributed by atoms with E-state index in [0.29, 0.717) is 28.9 Å². The largest absolute Gasteiger partial charge is 0.393 e. The summed E-state index contributed by atoms with van der Waals surface area (Å²) in [5.41, 5.74) is 0.452. The summed E-state index contributed by atoms with van der Waals surface area (Å²) in [6.45, 7) is 6.96. The van der Waals surface area contributed by atoms with Gasteiger partial charge in [-0.05, 0) is 105 Å². The van der Waals surface area contributed by atoms with E-state index in [0.717, 1.165) is 69.4 Å². The summed E-state index contributed by atoms with van der Waals surface area (Å²) in [4.78, 5) is 26.8. The molecule has 4 saturated carbocycles. The minimum Gasteiger partial charge on any atom is -0.393 e. The van der Waals surface area contributed by atoms with Crippen LogP contribution < -0.4 is 0 Å². The molecule has 8 atom stereocenters. The van der Waals surface area contributed by atoms with Gasteiger partial charge in [0, 0.05) is 32.4 Å². The monoisotopic (exact) mass is 527 g/mol. The Morgan fingerprint density at radius 1 is 0.895 bits per heavy atom. The first-order valence-corrected chi connectivity index (χ1v) is 16.8. The van der Waals surface area contributed by atoms with Crippen LogP contribution in [0.3, 0.4) is 0 Å². The van der Waals surface area contributed by atoms with Crippen molar-refractivity contribution >= 4 is 11.7 Å². The normalized spacial score (nSPS) is 40.9. The summed E-state index contributed by atoms with van der Waals surface area (Å²) in [5, 5.41) is 11.1. The quantitative estimate of drug-likeness (QED) is 0.296. The molecule has 1 N–H and O–H groups in total. The molecule has 0 aromatic carbocycles. The van der Waals surface area contributed by atoms with Gasteiger partial charge in [0.2, 0.25) is 5.91 Å². The van der Waals surface area contributed by atoms with Gasteiger partial charge < -0.3 is 10.0 Å². The minimum absolute atomic E-state index is 0.115. The number of likely N-dealkylation sites (tertiary alicyclic amines) is 1. The van der Waals surface area contributed by atoms with Crippen molar-refractivity contribution in [3.63, 3.8) is 0 Å². The van der Waals surface area contributed by atoms with Gasteiger partial charge in [0.1, 0.15) is 5.78 Å². The van der Waals surface area contributed by atoms with Crippen LogP contribution in [0.1, 0.15) is 142 Å². The molecular formula is C34H57NO3. The third kappa shape index (κ3) is 5.77. The Bertz CT molecular complexity index is 821. The third-order valence-corrected chi connectivity index (χ3v) is 12.7. The Morgan fingerprint density at radius 2 is 1.61 bits per heavy atom. The number of piperidine rings is 1. The van der Waals surface area contributed by atoms with Crippen LogP contribution in [-0.2, 0) is 9.59 Å². The molecule has 4 heteroatoms. The Labute approximate surface area is 233 Å². The Morgan fingerprint density at radius 3 is 2.37 bits per heavy atom. The summed E-state index contributed by atoms with van der Waals surface area (Å²) in [6.07, 6.45) is 23.1. The molecule has 1 saturated heterocycles. The van der Waals surface area contributed by atoms with Gasteiger partial charge in [-0.25, -0.2) is 0 Å². The number of amides is 1. The fourth-order valence-corrected chi connectivity index (χ4v) is 10.6. The molecule has 1 aliphatic heterocycles. The number of Topliss-reactive ketones (excluding diaryl/α,β-unsaturated/α-hetero) is 1. The maximum atomic E-state index is 12.4. The van der Waals surface area contributed by atoms with Gasteiger partial charge in [0.25, 0.3) is 0 Å². The van der Waals surface area contributed by atoms with Gasteiger partial charge in [-0.2, -0.15) is 0 Å². The van der Waals surface area contributed by atoms with Crippen molar-refractivity contribution in [2.45, 2.75) is 148 Å². The van der Waals surface area contributed by atoms with E-state index in [4.69, 9.17) is 0 Å². The number of aliphatic hydroxyl groups excluding tert-OH is 1. The summed E-state index contributed by atoms with van der Waals surface area (Å²) < 4.78 is 0. The molecule has 1 amide bonds. The van der Waals surface area contributed by atoms with Crippen LogP contribution in [0.2, 0.25) is 0 Å². The standard InChI is InChI=1S/C34H57NO3/c1-33-20-19-27(36)23-26(33)15-16-28-29-17-18-30(37)34(29,2)24-25(32(28)33)13-9-6-4-3-5-7-10-14-31(38)35-21-11-8-12-22-35/h25-26,28-30,32,37H,3-24H2,1-2H3/t25?,26?,28-,29-,30?,32+,33-,34-/m0/s1. The number of unbranched alkanes of at least 4 members (excludes halogenated alkanes) is 6. The predicted octanol–water partition coefficient (Wildman–Crippen LogP) is 7.71. The highest BCUT2D eigenvalue weighted by Crippen LogP contribution is 2.68. The number of carbonyl (C=O) groups is 2. The number of ketones is 1. The first-order valence-electron chi connectivity index (χ1n) is 16.8. The zero-order valence-corrected chi connectivity index (χ0v) is 24.7. The lowest BCUT2D eigenvalue weighted by Crippen LogP contribution is -2.57. The smallest absolute Gasteiger partial charge is 0.222 e. The lowest BCUT2D eigenvalue weighted by Gasteiger charge is -2.62. The molecule has 38 heavy (non-hydrogen) atoms. The van der Waals surface area contributed by atoms with Crippen molar-refractivity contribution < 1.29 is 14.7 Å². The molecule has 4 aliphatic carbocycles. The summed E-state index contributed by atoms with van der Waals surface area (Å²) in [7, 11) is 0. The molecule has 0 bridgehead atoms. The van der Waals surface area contributed by atoms with Crippen molar-refractivity contribution in [2.75, 3.05) is 13.1 Å². The number of rotatable bonds is 10. The summed E-state index contributed by atoms with van der Waals surface area (Å²) in [6, 6.07) is 0. The molecule has 3 unspecified atom stereocenters. The average Bonchev–Trinajstić information content (AvgIpc) is 3.22. The van der Waals surface area contributed by atoms with Gasteiger partial charge in [0.15, 0.2) is 0 Å².